The van der Waals surface area contributed by atoms with Crippen LogP contribution in [0.3, 0.4) is 0 Å². The van der Waals surface area contributed by atoms with Crippen molar-refractivity contribution in [2.45, 2.75) is 47.0 Å². The van der Waals surface area contributed by atoms with Crippen molar-refractivity contribution < 1.29 is 0 Å². The van der Waals surface area contributed by atoms with Gasteiger partial charge in [-0.1, -0.05) is 39.8 Å². The molecule has 1 aliphatic carbocycles. The Morgan fingerprint density at radius 1 is 1.27 bits per heavy atom. The SMILES string of the molecule is C=C1CC(C)(CC)C1(C)CC. The molecule has 1 saturated carbocycles. The second-order valence-corrected chi connectivity index (χ2v) is 4.38. The van der Waals surface area contributed by atoms with Crippen LogP contribution in [0, 0.1) is 10.8 Å². The Balaban J connectivity index is 2.84. The third-order valence-corrected chi connectivity index (χ3v) is 4.20. The Morgan fingerprint density at radius 3 is 2.00 bits per heavy atom. The van der Waals surface area contributed by atoms with E-state index >= 15 is 0 Å². The molecular formula is C11H20. The first-order valence-corrected chi connectivity index (χ1v) is 4.68. The standard InChI is InChI=1S/C11H20/c1-6-10(4)8-9(3)11(10,5)7-2/h3,6-8H2,1-2,4-5H3. The van der Waals surface area contributed by atoms with Crippen LogP contribution in [0.25, 0.3) is 0 Å². The minimum absolute atomic E-state index is 0.432. The highest BCUT2D eigenvalue weighted by molar-refractivity contribution is 5.26. The van der Waals surface area contributed by atoms with E-state index in [-0.39, 0.29) is 0 Å². The van der Waals surface area contributed by atoms with Crippen molar-refractivity contribution >= 4 is 0 Å². The Morgan fingerprint density at radius 2 is 1.82 bits per heavy atom. The zero-order chi connectivity index (χ0) is 8.70. The van der Waals surface area contributed by atoms with Crippen LogP contribution in [0.2, 0.25) is 0 Å². The molecule has 0 aromatic heterocycles. The topological polar surface area (TPSA) is 0 Å². The van der Waals surface area contributed by atoms with Gasteiger partial charge in [-0.05, 0) is 30.1 Å². The zero-order valence-corrected chi connectivity index (χ0v) is 8.33. The van der Waals surface area contributed by atoms with E-state index in [4.69, 9.17) is 0 Å². The first-order valence-electron chi connectivity index (χ1n) is 4.68. The Kier molecular flexibility index (Phi) is 1.90. The molecule has 0 spiro atoms. The van der Waals surface area contributed by atoms with Crippen molar-refractivity contribution in [2.75, 3.05) is 0 Å². The highest BCUT2D eigenvalue weighted by atomic mass is 14.6. The van der Waals surface area contributed by atoms with Gasteiger partial charge in [0, 0.05) is 0 Å². The van der Waals surface area contributed by atoms with Crippen LogP contribution < -0.4 is 0 Å². The molecule has 1 rings (SSSR count). The predicted octanol–water partition coefficient (Wildman–Crippen LogP) is 3.78. The molecule has 0 radical (unpaired) electrons. The Labute approximate surface area is 70.7 Å². The Hall–Kier alpha value is -0.260. The molecule has 0 aromatic carbocycles. The van der Waals surface area contributed by atoms with Gasteiger partial charge in [0.25, 0.3) is 0 Å². The molecule has 2 unspecified atom stereocenters. The second-order valence-electron chi connectivity index (χ2n) is 4.38. The lowest BCUT2D eigenvalue weighted by Gasteiger charge is -2.58. The summed E-state index contributed by atoms with van der Waals surface area (Å²) in [5.41, 5.74) is 2.44. The molecule has 0 heterocycles. The quantitative estimate of drug-likeness (QED) is 0.528. The van der Waals surface area contributed by atoms with Crippen LogP contribution >= 0.6 is 0 Å². The van der Waals surface area contributed by atoms with Crippen LogP contribution in [0.1, 0.15) is 47.0 Å². The maximum absolute atomic E-state index is 4.13. The lowest BCUT2D eigenvalue weighted by atomic mass is 9.46. The molecule has 0 aliphatic heterocycles. The summed E-state index contributed by atoms with van der Waals surface area (Å²) < 4.78 is 0. The maximum atomic E-state index is 4.13. The van der Waals surface area contributed by atoms with E-state index < -0.39 is 0 Å². The highest BCUT2D eigenvalue weighted by Gasteiger charge is 2.52. The number of rotatable bonds is 2. The highest BCUT2D eigenvalue weighted by Crippen LogP contribution is 2.62. The molecule has 0 N–H and O–H groups in total. The van der Waals surface area contributed by atoms with Crippen molar-refractivity contribution in [3.63, 3.8) is 0 Å². The molecule has 0 heteroatoms. The summed E-state index contributed by atoms with van der Waals surface area (Å²) in [4.78, 5) is 0. The minimum Gasteiger partial charge on any atom is -0.0993 e. The lowest BCUT2D eigenvalue weighted by Crippen LogP contribution is -2.48. The lowest BCUT2D eigenvalue weighted by molar-refractivity contribution is 0.0174. The first-order chi connectivity index (χ1) is 5.00. The number of hydrogen-bond donors (Lipinski definition) is 0. The molecule has 0 aromatic rings. The average Bonchev–Trinajstić information content (AvgIpc) is 2.02. The fraction of sp³-hybridized carbons (Fsp3) is 0.818. The van der Waals surface area contributed by atoms with E-state index in [1.54, 1.807) is 0 Å². The van der Waals surface area contributed by atoms with Gasteiger partial charge in [-0.15, -0.1) is 0 Å². The van der Waals surface area contributed by atoms with Gasteiger partial charge in [0.15, 0.2) is 0 Å². The monoisotopic (exact) mass is 152 g/mol. The minimum atomic E-state index is 0.432. The van der Waals surface area contributed by atoms with Gasteiger partial charge in [0.05, 0.1) is 0 Å². The molecule has 2 atom stereocenters. The molecule has 0 amide bonds. The van der Waals surface area contributed by atoms with E-state index in [9.17, 15) is 0 Å². The predicted molar refractivity (Wildman–Crippen MR) is 50.6 cm³/mol. The van der Waals surface area contributed by atoms with E-state index in [2.05, 4.69) is 34.3 Å². The van der Waals surface area contributed by atoms with Gasteiger partial charge in [0.1, 0.15) is 0 Å². The van der Waals surface area contributed by atoms with Crippen LogP contribution in [0.15, 0.2) is 12.2 Å². The molecule has 0 nitrogen and oxygen atoms in total. The average molecular weight is 152 g/mol. The summed E-state index contributed by atoms with van der Waals surface area (Å²) in [6.45, 7) is 13.5. The normalized spacial score (nSPS) is 43.8. The van der Waals surface area contributed by atoms with Gasteiger partial charge in [0.2, 0.25) is 0 Å². The first kappa shape index (κ1) is 8.83. The van der Waals surface area contributed by atoms with Gasteiger partial charge >= 0.3 is 0 Å². The number of hydrogen-bond acceptors (Lipinski definition) is 0. The van der Waals surface area contributed by atoms with Gasteiger partial charge < -0.3 is 0 Å². The van der Waals surface area contributed by atoms with Crippen molar-refractivity contribution in [3.05, 3.63) is 12.2 Å². The molecular weight excluding hydrogens is 132 g/mol. The fourth-order valence-corrected chi connectivity index (χ4v) is 2.37. The molecule has 1 aliphatic rings. The summed E-state index contributed by atoms with van der Waals surface area (Å²) in [6, 6.07) is 0. The van der Waals surface area contributed by atoms with Gasteiger partial charge in [-0.2, -0.15) is 0 Å². The maximum Gasteiger partial charge on any atom is -0.00648 e. The van der Waals surface area contributed by atoms with E-state index in [0.29, 0.717) is 10.8 Å². The fourth-order valence-electron chi connectivity index (χ4n) is 2.37. The smallest absolute Gasteiger partial charge is 0.00648 e. The summed E-state index contributed by atoms with van der Waals surface area (Å²) in [5, 5.41) is 0. The third-order valence-electron chi connectivity index (χ3n) is 4.20. The van der Waals surface area contributed by atoms with Crippen molar-refractivity contribution in [2.24, 2.45) is 10.8 Å². The van der Waals surface area contributed by atoms with Crippen LogP contribution in [0.5, 0.6) is 0 Å². The summed E-state index contributed by atoms with van der Waals surface area (Å²) in [5.74, 6) is 0. The summed E-state index contributed by atoms with van der Waals surface area (Å²) in [7, 11) is 0. The van der Waals surface area contributed by atoms with Crippen molar-refractivity contribution in [3.8, 4) is 0 Å². The Bertz CT molecular complexity index is 180. The van der Waals surface area contributed by atoms with Gasteiger partial charge in [-0.3, -0.25) is 0 Å². The van der Waals surface area contributed by atoms with E-state index in [1.165, 1.54) is 24.8 Å². The molecule has 64 valence electrons. The molecule has 0 bridgehead atoms. The van der Waals surface area contributed by atoms with Crippen molar-refractivity contribution in [1.29, 1.82) is 0 Å². The van der Waals surface area contributed by atoms with E-state index in [0.717, 1.165) is 0 Å². The second kappa shape index (κ2) is 2.36. The molecule has 0 saturated heterocycles. The zero-order valence-electron chi connectivity index (χ0n) is 8.33. The number of allylic oxidation sites excluding steroid dienone is 1. The van der Waals surface area contributed by atoms with Gasteiger partial charge in [-0.25, -0.2) is 0 Å². The summed E-state index contributed by atoms with van der Waals surface area (Å²) in [6.07, 6.45) is 3.78. The van der Waals surface area contributed by atoms with Crippen LogP contribution in [-0.2, 0) is 0 Å². The summed E-state index contributed by atoms with van der Waals surface area (Å²) >= 11 is 0. The third kappa shape index (κ3) is 0.881. The largest absolute Gasteiger partial charge is 0.0993 e. The van der Waals surface area contributed by atoms with Crippen LogP contribution in [0.4, 0.5) is 0 Å². The molecule has 11 heavy (non-hydrogen) atoms. The van der Waals surface area contributed by atoms with E-state index in [1.807, 2.05) is 0 Å². The van der Waals surface area contributed by atoms with Crippen molar-refractivity contribution in [1.82, 2.24) is 0 Å². The van der Waals surface area contributed by atoms with Crippen LogP contribution in [-0.4, -0.2) is 0 Å². The molecule has 1 fully saturated rings.